The van der Waals surface area contributed by atoms with Gasteiger partial charge in [0.2, 0.25) is 5.13 Å². The molecule has 3 aromatic rings. The maximum Gasteiger partial charge on any atom is 0.321 e. The Balaban J connectivity index is 1.47. The third-order valence-corrected chi connectivity index (χ3v) is 5.06. The zero-order valence-corrected chi connectivity index (χ0v) is 15.7. The number of ether oxygens (including phenoxy) is 2. The van der Waals surface area contributed by atoms with Gasteiger partial charge in [-0.3, -0.25) is 4.79 Å². The van der Waals surface area contributed by atoms with Crippen LogP contribution in [0.2, 0.25) is 0 Å². The standard InChI is InChI=1S/C18H17N3O3S2/c1-2-23-14-8-10-15(11-9-14)24-16(22)12-25-18-21-20-17(26-18)19-13-6-4-3-5-7-13/h3-11H,2,12H2,1H3,(H,19,20). The fourth-order valence-corrected chi connectivity index (χ4v) is 3.56. The molecule has 0 atom stereocenters. The van der Waals surface area contributed by atoms with Gasteiger partial charge in [-0.05, 0) is 43.3 Å². The number of benzene rings is 2. The van der Waals surface area contributed by atoms with Crippen LogP contribution >= 0.6 is 23.1 Å². The Bertz CT molecular complexity index is 838. The first kappa shape index (κ1) is 18.2. The van der Waals surface area contributed by atoms with Crippen molar-refractivity contribution in [3.8, 4) is 11.5 Å². The van der Waals surface area contributed by atoms with Gasteiger partial charge >= 0.3 is 5.97 Å². The molecule has 0 spiro atoms. The van der Waals surface area contributed by atoms with E-state index in [1.165, 1.54) is 23.1 Å². The van der Waals surface area contributed by atoms with Crippen molar-refractivity contribution in [3.63, 3.8) is 0 Å². The van der Waals surface area contributed by atoms with E-state index in [9.17, 15) is 4.79 Å². The predicted octanol–water partition coefficient (Wildman–Crippen LogP) is 4.38. The number of carbonyl (C=O) groups is 1. The van der Waals surface area contributed by atoms with Gasteiger partial charge in [-0.2, -0.15) is 0 Å². The van der Waals surface area contributed by atoms with E-state index >= 15 is 0 Å². The molecule has 3 rings (SSSR count). The Labute approximate surface area is 159 Å². The van der Waals surface area contributed by atoms with E-state index in [2.05, 4.69) is 15.5 Å². The molecule has 0 saturated heterocycles. The first-order valence-electron chi connectivity index (χ1n) is 7.95. The number of carbonyl (C=O) groups excluding carboxylic acids is 1. The number of rotatable bonds is 8. The van der Waals surface area contributed by atoms with E-state index in [0.29, 0.717) is 21.8 Å². The molecule has 0 aliphatic carbocycles. The molecule has 6 nitrogen and oxygen atoms in total. The number of anilines is 2. The lowest BCUT2D eigenvalue weighted by atomic mass is 10.3. The van der Waals surface area contributed by atoms with Crippen molar-refractivity contribution in [2.24, 2.45) is 0 Å². The molecule has 0 fully saturated rings. The first-order chi connectivity index (χ1) is 12.7. The molecule has 0 amide bonds. The smallest absolute Gasteiger partial charge is 0.321 e. The van der Waals surface area contributed by atoms with Crippen molar-refractivity contribution in [1.82, 2.24) is 10.2 Å². The zero-order valence-electron chi connectivity index (χ0n) is 14.0. The Kier molecular flexibility index (Phi) is 6.45. The van der Waals surface area contributed by atoms with Crippen LogP contribution in [0, 0.1) is 0 Å². The Hall–Kier alpha value is -2.58. The maximum atomic E-state index is 12.0. The van der Waals surface area contributed by atoms with E-state index < -0.39 is 0 Å². The van der Waals surface area contributed by atoms with Crippen LogP contribution in [0.15, 0.2) is 58.9 Å². The highest BCUT2D eigenvalue weighted by molar-refractivity contribution is 8.01. The van der Waals surface area contributed by atoms with Crippen LogP contribution in [0.1, 0.15) is 6.92 Å². The molecule has 134 valence electrons. The fourth-order valence-electron chi connectivity index (χ4n) is 2.02. The second-order valence-electron chi connectivity index (χ2n) is 5.03. The second kappa shape index (κ2) is 9.21. The molecule has 0 bridgehead atoms. The van der Waals surface area contributed by atoms with Gasteiger partial charge in [0.15, 0.2) is 4.34 Å². The van der Waals surface area contributed by atoms with Crippen LogP contribution in [-0.2, 0) is 4.79 Å². The SMILES string of the molecule is CCOc1ccc(OC(=O)CSc2nnc(Nc3ccccc3)s2)cc1. The topological polar surface area (TPSA) is 73.3 Å². The van der Waals surface area contributed by atoms with Gasteiger partial charge < -0.3 is 14.8 Å². The van der Waals surface area contributed by atoms with Crippen molar-refractivity contribution in [2.75, 3.05) is 17.7 Å². The normalized spacial score (nSPS) is 10.3. The summed E-state index contributed by atoms with van der Waals surface area (Å²) < 4.78 is 11.3. The van der Waals surface area contributed by atoms with Gasteiger partial charge in [-0.1, -0.05) is 41.3 Å². The van der Waals surface area contributed by atoms with Crippen LogP contribution in [0.5, 0.6) is 11.5 Å². The van der Waals surface area contributed by atoms with Gasteiger partial charge in [-0.15, -0.1) is 10.2 Å². The van der Waals surface area contributed by atoms with Crippen LogP contribution in [0.4, 0.5) is 10.8 Å². The van der Waals surface area contributed by atoms with E-state index in [4.69, 9.17) is 9.47 Å². The van der Waals surface area contributed by atoms with Crippen molar-refractivity contribution >= 4 is 39.9 Å². The summed E-state index contributed by atoms with van der Waals surface area (Å²) in [5.41, 5.74) is 0.940. The summed E-state index contributed by atoms with van der Waals surface area (Å²) in [6.45, 7) is 2.51. The summed E-state index contributed by atoms with van der Waals surface area (Å²) >= 11 is 2.68. The largest absolute Gasteiger partial charge is 0.494 e. The minimum absolute atomic E-state index is 0.160. The van der Waals surface area contributed by atoms with Crippen LogP contribution in [0.25, 0.3) is 0 Å². The lowest BCUT2D eigenvalue weighted by molar-refractivity contribution is -0.131. The average Bonchev–Trinajstić information content (AvgIpc) is 3.10. The molecule has 0 aliphatic rings. The van der Waals surface area contributed by atoms with Gasteiger partial charge in [0.25, 0.3) is 0 Å². The predicted molar refractivity (Wildman–Crippen MR) is 104 cm³/mol. The van der Waals surface area contributed by atoms with E-state index in [1.54, 1.807) is 24.3 Å². The highest BCUT2D eigenvalue weighted by Gasteiger charge is 2.10. The number of para-hydroxylation sites is 1. The van der Waals surface area contributed by atoms with Crippen LogP contribution < -0.4 is 14.8 Å². The second-order valence-corrected chi connectivity index (χ2v) is 7.23. The molecular formula is C18H17N3O3S2. The van der Waals surface area contributed by atoms with E-state index in [0.717, 1.165) is 11.4 Å². The molecular weight excluding hydrogens is 370 g/mol. The summed E-state index contributed by atoms with van der Waals surface area (Å²) in [4.78, 5) is 12.0. The summed E-state index contributed by atoms with van der Waals surface area (Å²) in [6.07, 6.45) is 0. The molecule has 1 N–H and O–H groups in total. The lowest BCUT2D eigenvalue weighted by Gasteiger charge is -2.05. The van der Waals surface area contributed by atoms with E-state index in [1.807, 2.05) is 37.3 Å². The number of nitrogens with one attached hydrogen (secondary N) is 1. The van der Waals surface area contributed by atoms with Crippen molar-refractivity contribution < 1.29 is 14.3 Å². The Morgan fingerprint density at radius 3 is 2.54 bits per heavy atom. The number of hydrogen-bond donors (Lipinski definition) is 1. The van der Waals surface area contributed by atoms with Crippen molar-refractivity contribution in [2.45, 2.75) is 11.3 Å². The summed E-state index contributed by atoms with van der Waals surface area (Å²) in [6, 6.07) is 16.7. The molecule has 1 aromatic heterocycles. The fraction of sp³-hybridized carbons (Fsp3) is 0.167. The summed E-state index contributed by atoms with van der Waals surface area (Å²) in [7, 11) is 0. The quantitative estimate of drug-likeness (QED) is 0.349. The van der Waals surface area contributed by atoms with Crippen LogP contribution in [0.3, 0.4) is 0 Å². The minimum Gasteiger partial charge on any atom is -0.494 e. The van der Waals surface area contributed by atoms with Gasteiger partial charge in [0.1, 0.15) is 11.5 Å². The Morgan fingerprint density at radius 2 is 1.81 bits per heavy atom. The molecule has 1 heterocycles. The molecule has 26 heavy (non-hydrogen) atoms. The molecule has 0 aliphatic heterocycles. The third kappa shape index (κ3) is 5.47. The van der Waals surface area contributed by atoms with Crippen molar-refractivity contribution in [3.05, 3.63) is 54.6 Å². The maximum absolute atomic E-state index is 12.0. The first-order valence-corrected chi connectivity index (χ1v) is 9.75. The monoisotopic (exact) mass is 387 g/mol. The molecule has 0 unspecified atom stereocenters. The lowest BCUT2D eigenvalue weighted by Crippen LogP contribution is -2.10. The zero-order chi connectivity index (χ0) is 18.2. The highest BCUT2D eigenvalue weighted by Crippen LogP contribution is 2.28. The summed E-state index contributed by atoms with van der Waals surface area (Å²) in [5, 5.41) is 12.0. The van der Waals surface area contributed by atoms with Crippen molar-refractivity contribution in [1.29, 1.82) is 0 Å². The Morgan fingerprint density at radius 1 is 1.08 bits per heavy atom. The number of aromatic nitrogens is 2. The molecule has 8 heteroatoms. The average molecular weight is 387 g/mol. The number of esters is 1. The van der Waals surface area contributed by atoms with Gasteiger partial charge in [0.05, 0.1) is 12.4 Å². The van der Waals surface area contributed by atoms with Crippen LogP contribution in [-0.4, -0.2) is 28.5 Å². The number of hydrogen-bond acceptors (Lipinski definition) is 8. The molecule has 0 saturated carbocycles. The minimum atomic E-state index is -0.341. The molecule has 0 radical (unpaired) electrons. The number of nitrogens with zero attached hydrogens (tertiary/aromatic N) is 2. The number of thioether (sulfide) groups is 1. The molecule has 2 aromatic carbocycles. The third-order valence-electron chi connectivity index (χ3n) is 3.11. The van der Waals surface area contributed by atoms with Gasteiger partial charge in [0, 0.05) is 5.69 Å². The van der Waals surface area contributed by atoms with E-state index in [-0.39, 0.29) is 11.7 Å². The highest BCUT2D eigenvalue weighted by atomic mass is 32.2. The summed E-state index contributed by atoms with van der Waals surface area (Å²) in [5.74, 6) is 1.05. The van der Waals surface area contributed by atoms with Gasteiger partial charge in [-0.25, -0.2) is 0 Å².